The third-order valence-electron chi connectivity index (χ3n) is 5.05. The summed E-state index contributed by atoms with van der Waals surface area (Å²) in [6, 6.07) is 5.78. The highest BCUT2D eigenvalue weighted by atomic mass is 32.1. The third-order valence-corrected chi connectivity index (χ3v) is 6.23. The lowest BCUT2D eigenvalue weighted by molar-refractivity contribution is 0.0575. The van der Waals surface area contributed by atoms with Crippen molar-refractivity contribution in [2.24, 2.45) is 0 Å². The number of rotatable bonds is 2. The van der Waals surface area contributed by atoms with Crippen molar-refractivity contribution in [2.45, 2.75) is 64.1 Å². The molecule has 3 heteroatoms. The summed E-state index contributed by atoms with van der Waals surface area (Å²) in [5.74, 6) is 0. The molecule has 3 rings (SSSR count). The van der Waals surface area contributed by atoms with E-state index in [0.29, 0.717) is 17.6 Å². The van der Waals surface area contributed by atoms with Crippen LogP contribution in [0.5, 0.6) is 0 Å². The van der Waals surface area contributed by atoms with Gasteiger partial charge < -0.3 is 5.32 Å². The van der Waals surface area contributed by atoms with Crippen LogP contribution in [0, 0.1) is 6.92 Å². The molecule has 2 atom stereocenters. The molecule has 2 fully saturated rings. The van der Waals surface area contributed by atoms with Crippen LogP contribution in [-0.2, 0) is 0 Å². The van der Waals surface area contributed by atoms with Crippen LogP contribution in [-0.4, -0.2) is 29.6 Å². The molecule has 2 nitrogen and oxygen atoms in total. The van der Waals surface area contributed by atoms with E-state index in [2.05, 4.69) is 43.1 Å². The topological polar surface area (TPSA) is 15.3 Å². The van der Waals surface area contributed by atoms with Crippen molar-refractivity contribution in [3.8, 4) is 0 Å². The molecule has 2 aliphatic rings. The fourth-order valence-corrected chi connectivity index (χ4v) is 4.74. The van der Waals surface area contributed by atoms with Gasteiger partial charge in [0.2, 0.25) is 0 Å². The van der Waals surface area contributed by atoms with Crippen molar-refractivity contribution < 1.29 is 0 Å². The largest absolute Gasteiger partial charge is 0.308 e. The number of hydrogen-bond donors (Lipinski definition) is 1. The van der Waals surface area contributed by atoms with E-state index < -0.39 is 0 Å². The van der Waals surface area contributed by atoms with Gasteiger partial charge in [-0.2, -0.15) is 0 Å². The van der Waals surface area contributed by atoms with Crippen molar-refractivity contribution in [1.29, 1.82) is 0 Å². The lowest BCUT2D eigenvalue weighted by Crippen LogP contribution is -2.62. The van der Waals surface area contributed by atoms with Gasteiger partial charge in [0, 0.05) is 40.5 Å². The van der Waals surface area contributed by atoms with E-state index in [0.717, 1.165) is 6.54 Å². The van der Waals surface area contributed by atoms with Crippen molar-refractivity contribution in [1.82, 2.24) is 10.2 Å². The van der Waals surface area contributed by atoms with Crippen LogP contribution in [0.4, 0.5) is 0 Å². The SMILES string of the molecule is Cc1ccc(C(C)N2CC3(CCCC3)NCC2C)s1. The van der Waals surface area contributed by atoms with Crippen LogP contribution in [0.1, 0.15) is 55.3 Å². The van der Waals surface area contributed by atoms with Gasteiger partial charge in [-0.25, -0.2) is 0 Å². The van der Waals surface area contributed by atoms with Gasteiger partial charge in [-0.1, -0.05) is 12.8 Å². The first-order valence-corrected chi connectivity index (χ1v) is 8.48. The van der Waals surface area contributed by atoms with Gasteiger partial charge in [-0.15, -0.1) is 11.3 Å². The highest BCUT2D eigenvalue weighted by molar-refractivity contribution is 7.12. The zero-order chi connectivity index (χ0) is 13.5. The number of nitrogens with zero attached hydrogens (tertiary/aromatic N) is 1. The minimum atomic E-state index is 0.424. The molecule has 1 aromatic heterocycles. The highest BCUT2D eigenvalue weighted by Crippen LogP contribution is 2.37. The minimum absolute atomic E-state index is 0.424. The molecule has 1 spiro atoms. The summed E-state index contributed by atoms with van der Waals surface area (Å²) in [6.07, 6.45) is 5.54. The smallest absolute Gasteiger partial charge is 0.0417 e. The normalized spacial score (nSPS) is 28.9. The van der Waals surface area contributed by atoms with Gasteiger partial charge in [0.1, 0.15) is 0 Å². The quantitative estimate of drug-likeness (QED) is 0.887. The van der Waals surface area contributed by atoms with E-state index in [1.807, 2.05) is 11.3 Å². The molecule has 1 aromatic rings. The van der Waals surface area contributed by atoms with Gasteiger partial charge >= 0.3 is 0 Å². The molecule has 1 aliphatic carbocycles. The van der Waals surface area contributed by atoms with Gasteiger partial charge in [0.25, 0.3) is 0 Å². The van der Waals surface area contributed by atoms with Gasteiger partial charge in [-0.05, 0) is 45.7 Å². The molecular weight excluding hydrogens is 252 g/mol. The van der Waals surface area contributed by atoms with Crippen molar-refractivity contribution in [2.75, 3.05) is 13.1 Å². The van der Waals surface area contributed by atoms with Crippen LogP contribution >= 0.6 is 11.3 Å². The Labute approximate surface area is 121 Å². The molecule has 1 N–H and O–H groups in total. The zero-order valence-corrected chi connectivity index (χ0v) is 13.2. The highest BCUT2D eigenvalue weighted by Gasteiger charge is 2.41. The van der Waals surface area contributed by atoms with E-state index in [9.17, 15) is 0 Å². The van der Waals surface area contributed by atoms with Crippen LogP contribution in [0.25, 0.3) is 0 Å². The van der Waals surface area contributed by atoms with Gasteiger partial charge in [0.05, 0.1) is 0 Å². The third kappa shape index (κ3) is 2.61. The summed E-state index contributed by atoms with van der Waals surface area (Å²) in [6.45, 7) is 9.34. The van der Waals surface area contributed by atoms with E-state index in [4.69, 9.17) is 0 Å². The summed E-state index contributed by atoms with van der Waals surface area (Å²) >= 11 is 1.96. The predicted molar refractivity (Wildman–Crippen MR) is 82.8 cm³/mol. The molecule has 19 heavy (non-hydrogen) atoms. The molecule has 1 saturated heterocycles. The van der Waals surface area contributed by atoms with Crippen molar-refractivity contribution in [3.05, 3.63) is 21.9 Å². The lowest BCUT2D eigenvalue weighted by Gasteiger charge is -2.47. The average molecular weight is 278 g/mol. The van der Waals surface area contributed by atoms with Crippen LogP contribution < -0.4 is 5.32 Å². The number of nitrogens with one attached hydrogen (secondary N) is 1. The molecule has 1 saturated carbocycles. The molecule has 2 unspecified atom stereocenters. The number of hydrogen-bond acceptors (Lipinski definition) is 3. The Bertz CT molecular complexity index is 434. The Hall–Kier alpha value is -0.380. The Balaban J connectivity index is 1.77. The first kappa shape index (κ1) is 13.6. The Kier molecular flexibility index (Phi) is 3.71. The Morgan fingerprint density at radius 1 is 1.37 bits per heavy atom. The van der Waals surface area contributed by atoms with E-state index in [1.54, 1.807) is 0 Å². The maximum Gasteiger partial charge on any atom is 0.0417 e. The van der Waals surface area contributed by atoms with E-state index in [1.165, 1.54) is 42.0 Å². The van der Waals surface area contributed by atoms with E-state index >= 15 is 0 Å². The van der Waals surface area contributed by atoms with Gasteiger partial charge in [0.15, 0.2) is 0 Å². The first-order valence-electron chi connectivity index (χ1n) is 7.67. The molecule has 0 bridgehead atoms. The minimum Gasteiger partial charge on any atom is -0.308 e. The van der Waals surface area contributed by atoms with Crippen LogP contribution in [0.3, 0.4) is 0 Å². The summed E-state index contributed by atoms with van der Waals surface area (Å²) in [5, 5.41) is 3.85. The molecule has 1 aliphatic heterocycles. The molecule has 0 radical (unpaired) electrons. The fourth-order valence-electron chi connectivity index (χ4n) is 3.79. The molecule has 0 aromatic carbocycles. The van der Waals surface area contributed by atoms with Crippen LogP contribution in [0.2, 0.25) is 0 Å². The van der Waals surface area contributed by atoms with Crippen LogP contribution in [0.15, 0.2) is 12.1 Å². The van der Waals surface area contributed by atoms with E-state index in [-0.39, 0.29) is 0 Å². The van der Waals surface area contributed by atoms with Gasteiger partial charge in [-0.3, -0.25) is 4.90 Å². The standard InChI is InChI=1S/C16H26N2S/c1-12-10-17-16(8-4-5-9-16)11-18(12)14(3)15-7-6-13(2)19-15/h6-7,12,14,17H,4-5,8-11H2,1-3H3. The summed E-state index contributed by atoms with van der Waals surface area (Å²) in [5.41, 5.74) is 0.424. The first-order chi connectivity index (χ1) is 9.10. The van der Waals surface area contributed by atoms with Crippen molar-refractivity contribution >= 4 is 11.3 Å². The summed E-state index contributed by atoms with van der Waals surface area (Å²) < 4.78 is 0. The maximum absolute atomic E-state index is 3.85. The second-order valence-electron chi connectivity index (χ2n) is 6.51. The molecule has 106 valence electrons. The number of piperazine rings is 1. The molecule has 0 amide bonds. The summed E-state index contributed by atoms with van der Waals surface area (Å²) in [7, 11) is 0. The zero-order valence-electron chi connectivity index (χ0n) is 12.4. The number of aryl methyl sites for hydroxylation is 1. The molecule has 2 heterocycles. The number of thiophene rings is 1. The predicted octanol–water partition coefficient (Wildman–Crippen LogP) is 3.72. The Morgan fingerprint density at radius 2 is 2.11 bits per heavy atom. The summed E-state index contributed by atoms with van der Waals surface area (Å²) in [4.78, 5) is 5.69. The van der Waals surface area contributed by atoms with Crippen molar-refractivity contribution in [3.63, 3.8) is 0 Å². The maximum atomic E-state index is 3.85. The monoisotopic (exact) mass is 278 g/mol. The second-order valence-corrected chi connectivity index (χ2v) is 7.83. The lowest BCUT2D eigenvalue weighted by atomic mass is 9.91. The average Bonchev–Trinajstić information content (AvgIpc) is 3.02. The molecular formula is C16H26N2S. The second kappa shape index (κ2) is 5.19. The Morgan fingerprint density at radius 3 is 2.74 bits per heavy atom. The fraction of sp³-hybridized carbons (Fsp3) is 0.750.